The number of imidazole rings is 1. The highest BCUT2D eigenvalue weighted by atomic mass is 19.1. The Kier molecular flexibility index (Phi) is 4.67. The largest absolute Gasteiger partial charge is 0.333 e. The lowest BCUT2D eigenvalue weighted by atomic mass is 10.0. The molecule has 2 aromatic carbocycles. The first kappa shape index (κ1) is 16.7. The number of fused-ring (bicyclic) bond motifs is 1. The van der Waals surface area contributed by atoms with Crippen molar-refractivity contribution in [2.75, 3.05) is 19.6 Å². The zero-order valence-electron chi connectivity index (χ0n) is 14.4. The van der Waals surface area contributed by atoms with Crippen molar-refractivity contribution in [3.63, 3.8) is 0 Å². The number of carbonyl (C=O) groups is 1. The molecule has 26 heavy (non-hydrogen) atoms. The van der Waals surface area contributed by atoms with Gasteiger partial charge in [-0.3, -0.25) is 4.79 Å². The SMILES string of the molecule is O=C(CCn1cnc2ccccc21)N1CCNCC1c1cccc(F)c1. The van der Waals surface area contributed by atoms with Crippen LogP contribution in [0.4, 0.5) is 4.39 Å². The number of hydrogen-bond acceptors (Lipinski definition) is 3. The van der Waals surface area contributed by atoms with Gasteiger partial charge in [-0.15, -0.1) is 0 Å². The van der Waals surface area contributed by atoms with Gasteiger partial charge < -0.3 is 14.8 Å². The Bertz CT molecular complexity index is 923. The van der Waals surface area contributed by atoms with Crippen molar-refractivity contribution in [1.29, 1.82) is 0 Å². The average Bonchev–Trinajstić information content (AvgIpc) is 3.09. The third-order valence-corrected chi connectivity index (χ3v) is 4.89. The summed E-state index contributed by atoms with van der Waals surface area (Å²) in [6.07, 6.45) is 2.17. The molecule has 5 nitrogen and oxygen atoms in total. The van der Waals surface area contributed by atoms with E-state index in [1.807, 2.05) is 39.8 Å². The van der Waals surface area contributed by atoms with Crippen LogP contribution in [-0.4, -0.2) is 40.0 Å². The summed E-state index contributed by atoms with van der Waals surface area (Å²) < 4.78 is 15.6. The second kappa shape index (κ2) is 7.25. The smallest absolute Gasteiger partial charge is 0.224 e. The van der Waals surface area contributed by atoms with Gasteiger partial charge in [-0.05, 0) is 29.8 Å². The van der Waals surface area contributed by atoms with Crippen LogP contribution in [0.5, 0.6) is 0 Å². The maximum atomic E-state index is 13.6. The van der Waals surface area contributed by atoms with Crippen molar-refractivity contribution in [2.24, 2.45) is 0 Å². The summed E-state index contributed by atoms with van der Waals surface area (Å²) in [5.41, 5.74) is 2.79. The van der Waals surface area contributed by atoms with Gasteiger partial charge in [-0.1, -0.05) is 24.3 Å². The second-order valence-corrected chi connectivity index (χ2v) is 6.54. The molecule has 0 bridgehead atoms. The highest BCUT2D eigenvalue weighted by molar-refractivity contribution is 5.78. The average molecular weight is 352 g/mol. The number of halogens is 1. The summed E-state index contributed by atoms with van der Waals surface area (Å²) in [7, 11) is 0. The zero-order valence-corrected chi connectivity index (χ0v) is 14.4. The first-order valence-electron chi connectivity index (χ1n) is 8.88. The van der Waals surface area contributed by atoms with Crippen LogP contribution >= 0.6 is 0 Å². The van der Waals surface area contributed by atoms with Gasteiger partial charge in [-0.2, -0.15) is 0 Å². The quantitative estimate of drug-likeness (QED) is 0.785. The van der Waals surface area contributed by atoms with Gasteiger partial charge in [0.1, 0.15) is 5.82 Å². The van der Waals surface area contributed by atoms with Crippen molar-refractivity contribution in [3.05, 3.63) is 66.2 Å². The fourth-order valence-corrected chi connectivity index (χ4v) is 3.56. The first-order valence-corrected chi connectivity index (χ1v) is 8.88. The molecule has 1 unspecified atom stereocenters. The number of aromatic nitrogens is 2. The van der Waals surface area contributed by atoms with E-state index >= 15 is 0 Å². The van der Waals surface area contributed by atoms with E-state index in [0.717, 1.165) is 23.1 Å². The fourth-order valence-electron chi connectivity index (χ4n) is 3.56. The van der Waals surface area contributed by atoms with Crippen molar-refractivity contribution < 1.29 is 9.18 Å². The Labute approximate surface area is 151 Å². The summed E-state index contributed by atoms with van der Waals surface area (Å²) in [5.74, 6) is -0.191. The van der Waals surface area contributed by atoms with Crippen LogP contribution in [0, 0.1) is 5.82 Å². The number of rotatable bonds is 4. The molecular weight excluding hydrogens is 331 g/mol. The summed E-state index contributed by atoms with van der Waals surface area (Å²) in [5, 5.41) is 3.30. The topological polar surface area (TPSA) is 50.2 Å². The highest BCUT2D eigenvalue weighted by Gasteiger charge is 2.27. The molecule has 3 aromatic rings. The van der Waals surface area contributed by atoms with E-state index in [2.05, 4.69) is 10.3 Å². The van der Waals surface area contributed by atoms with E-state index in [0.29, 0.717) is 26.1 Å². The van der Waals surface area contributed by atoms with Crippen LogP contribution in [0.25, 0.3) is 11.0 Å². The van der Waals surface area contributed by atoms with E-state index < -0.39 is 0 Å². The molecule has 1 amide bonds. The molecule has 0 radical (unpaired) electrons. The number of piperazine rings is 1. The third kappa shape index (κ3) is 3.32. The highest BCUT2D eigenvalue weighted by Crippen LogP contribution is 2.24. The molecule has 0 saturated carbocycles. The standard InChI is InChI=1S/C20H21FN4O/c21-16-5-3-4-15(12-16)19-13-22-9-11-25(19)20(26)8-10-24-14-23-17-6-1-2-7-18(17)24/h1-7,12,14,19,22H,8-11,13H2. The maximum Gasteiger partial charge on any atom is 0.224 e. The van der Waals surface area contributed by atoms with Crippen molar-refractivity contribution in [1.82, 2.24) is 19.8 Å². The Morgan fingerprint density at radius 1 is 1.23 bits per heavy atom. The Hall–Kier alpha value is -2.73. The minimum Gasteiger partial charge on any atom is -0.333 e. The summed E-state index contributed by atoms with van der Waals surface area (Å²) in [4.78, 5) is 19.1. The van der Waals surface area contributed by atoms with E-state index in [-0.39, 0.29) is 17.8 Å². The molecule has 1 fully saturated rings. The lowest BCUT2D eigenvalue weighted by Gasteiger charge is -2.36. The van der Waals surface area contributed by atoms with E-state index in [4.69, 9.17) is 0 Å². The van der Waals surface area contributed by atoms with Crippen LogP contribution in [-0.2, 0) is 11.3 Å². The van der Waals surface area contributed by atoms with E-state index in [9.17, 15) is 9.18 Å². The molecular formula is C20H21FN4O. The number of benzene rings is 2. The van der Waals surface area contributed by atoms with Gasteiger partial charge in [0.25, 0.3) is 0 Å². The Balaban J connectivity index is 1.49. The molecule has 1 saturated heterocycles. The van der Waals surface area contributed by atoms with Crippen LogP contribution in [0.2, 0.25) is 0 Å². The lowest BCUT2D eigenvalue weighted by molar-refractivity contribution is -0.134. The molecule has 6 heteroatoms. The van der Waals surface area contributed by atoms with Gasteiger partial charge in [0.05, 0.1) is 23.4 Å². The number of aryl methyl sites for hydroxylation is 1. The normalized spacial score (nSPS) is 17.6. The van der Waals surface area contributed by atoms with Gasteiger partial charge in [0, 0.05) is 32.6 Å². The minimum absolute atomic E-state index is 0.0820. The second-order valence-electron chi connectivity index (χ2n) is 6.54. The summed E-state index contributed by atoms with van der Waals surface area (Å²) in [6.45, 7) is 2.61. The number of nitrogens with zero attached hydrogens (tertiary/aromatic N) is 3. The summed E-state index contributed by atoms with van der Waals surface area (Å²) >= 11 is 0. The molecule has 1 aliphatic rings. The van der Waals surface area contributed by atoms with Crippen LogP contribution in [0.1, 0.15) is 18.0 Å². The number of carbonyl (C=O) groups excluding carboxylic acids is 1. The van der Waals surface area contributed by atoms with E-state index in [1.54, 1.807) is 12.4 Å². The molecule has 1 aliphatic heterocycles. The number of hydrogen-bond donors (Lipinski definition) is 1. The number of para-hydroxylation sites is 2. The molecule has 4 rings (SSSR count). The Morgan fingerprint density at radius 2 is 2.12 bits per heavy atom. The van der Waals surface area contributed by atoms with Gasteiger partial charge in [0.2, 0.25) is 5.91 Å². The van der Waals surface area contributed by atoms with E-state index in [1.165, 1.54) is 12.1 Å². The molecule has 1 N–H and O–H groups in total. The van der Waals surface area contributed by atoms with Crippen molar-refractivity contribution >= 4 is 16.9 Å². The molecule has 2 heterocycles. The molecule has 1 aromatic heterocycles. The van der Waals surface area contributed by atoms with Gasteiger partial charge in [0.15, 0.2) is 0 Å². The lowest BCUT2D eigenvalue weighted by Crippen LogP contribution is -2.48. The van der Waals surface area contributed by atoms with Crippen molar-refractivity contribution in [2.45, 2.75) is 19.0 Å². The van der Waals surface area contributed by atoms with Crippen molar-refractivity contribution in [3.8, 4) is 0 Å². The van der Waals surface area contributed by atoms with Gasteiger partial charge >= 0.3 is 0 Å². The molecule has 0 spiro atoms. The maximum absolute atomic E-state index is 13.6. The molecule has 0 aliphatic carbocycles. The zero-order chi connectivity index (χ0) is 17.9. The predicted octanol–water partition coefficient (Wildman–Crippen LogP) is 2.74. The van der Waals surface area contributed by atoms with Crippen LogP contribution < -0.4 is 5.32 Å². The minimum atomic E-state index is -0.273. The number of nitrogens with one attached hydrogen (secondary N) is 1. The Morgan fingerprint density at radius 3 is 3.00 bits per heavy atom. The first-order chi connectivity index (χ1) is 12.7. The fraction of sp³-hybridized carbons (Fsp3) is 0.300. The molecule has 134 valence electrons. The monoisotopic (exact) mass is 352 g/mol. The van der Waals surface area contributed by atoms with Gasteiger partial charge in [-0.25, -0.2) is 9.37 Å². The summed E-state index contributed by atoms with van der Waals surface area (Å²) in [6, 6.07) is 14.3. The van der Waals surface area contributed by atoms with Crippen LogP contribution in [0.15, 0.2) is 54.9 Å². The van der Waals surface area contributed by atoms with Crippen LogP contribution in [0.3, 0.4) is 0 Å². The molecule has 1 atom stereocenters. The number of amides is 1. The predicted molar refractivity (Wildman–Crippen MR) is 98.1 cm³/mol. The third-order valence-electron chi connectivity index (χ3n) is 4.89.